The highest BCUT2D eigenvalue weighted by atomic mass is 15.1. The van der Waals surface area contributed by atoms with Crippen LogP contribution in [0, 0.1) is 0 Å². The SMILES string of the molecule is [2H]c1ccc2c(c1)c1cc(-c3ccc(-c4ccc(N(c5ccc(-c6ccccc6)cc5)c5ccc6c(c5)C(C)(C)c5ccccc5-6)cc4)cc3)ccc1n2-c1ccccc1. The minimum atomic E-state index is -0.0981. The Hall–Kier alpha value is -7.42. The minimum Gasteiger partial charge on any atom is -0.310 e. The summed E-state index contributed by atoms with van der Waals surface area (Å²) in [6, 6.07) is 76.8. The van der Waals surface area contributed by atoms with Gasteiger partial charge >= 0.3 is 0 Å². The van der Waals surface area contributed by atoms with Crippen molar-refractivity contribution < 1.29 is 1.37 Å². The molecule has 1 aromatic heterocycles. The fourth-order valence-corrected chi connectivity index (χ4v) is 9.31. The van der Waals surface area contributed by atoms with Gasteiger partial charge in [0.15, 0.2) is 0 Å². The number of benzene rings is 9. The Morgan fingerprint density at radius 2 is 0.898 bits per heavy atom. The van der Waals surface area contributed by atoms with Crippen LogP contribution in [0.3, 0.4) is 0 Å². The molecule has 1 heterocycles. The van der Waals surface area contributed by atoms with E-state index in [0.717, 1.165) is 55.7 Å². The number of aromatic nitrogens is 1. The van der Waals surface area contributed by atoms with Gasteiger partial charge in [0, 0.05) is 38.9 Å². The Kier molecular flexibility index (Phi) is 7.94. The fraction of sp³-hybridized carbons (Fsp3) is 0.0526. The van der Waals surface area contributed by atoms with Crippen LogP contribution in [0.15, 0.2) is 218 Å². The predicted molar refractivity (Wildman–Crippen MR) is 249 cm³/mol. The first kappa shape index (κ1) is 33.7. The minimum absolute atomic E-state index is 0.0981. The van der Waals surface area contributed by atoms with Crippen LogP contribution >= 0.6 is 0 Å². The van der Waals surface area contributed by atoms with Crippen LogP contribution < -0.4 is 4.90 Å². The summed E-state index contributed by atoms with van der Waals surface area (Å²) in [5.41, 5.74) is 19.1. The third kappa shape index (κ3) is 5.87. The van der Waals surface area contributed by atoms with Gasteiger partial charge in [-0.3, -0.25) is 0 Å². The molecule has 0 bridgehead atoms. The average molecular weight is 756 g/mol. The molecule has 0 spiro atoms. The molecule has 59 heavy (non-hydrogen) atoms. The summed E-state index contributed by atoms with van der Waals surface area (Å²) < 4.78 is 10.7. The molecule has 0 amide bonds. The van der Waals surface area contributed by atoms with E-state index < -0.39 is 0 Å². The van der Waals surface area contributed by atoms with Gasteiger partial charge in [-0.15, -0.1) is 0 Å². The van der Waals surface area contributed by atoms with Gasteiger partial charge in [0.25, 0.3) is 0 Å². The number of anilines is 3. The predicted octanol–water partition coefficient (Wildman–Crippen LogP) is 15.6. The Balaban J connectivity index is 0.935. The molecule has 0 fully saturated rings. The molecular formula is C57H42N2. The van der Waals surface area contributed by atoms with Crippen LogP contribution in [-0.2, 0) is 5.41 Å². The number of hydrogen-bond acceptors (Lipinski definition) is 1. The van der Waals surface area contributed by atoms with Crippen LogP contribution in [0.25, 0.3) is 72.0 Å². The molecule has 2 nitrogen and oxygen atoms in total. The number of fused-ring (bicyclic) bond motifs is 6. The number of rotatable bonds is 7. The highest BCUT2D eigenvalue weighted by Gasteiger charge is 2.35. The second-order valence-electron chi connectivity index (χ2n) is 16.1. The molecule has 0 unspecified atom stereocenters. The van der Waals surface area contributed by atoms with Crippen molar-refractivity contribution in [1.82, 2.24) is 4.57 Å². The average Bonchev–Trinajstić information content (AvgIpc) is 3.74. The van der Waals surface area contributed by atoms with Crippen molar-refractivity contribution in [3.63, 3.8) is 0 Å². The molecular weight excluding hydrogens is 713 g/mol. The van der Waals surface area contributed by atoms with Crippen molar-refractivity contribution in [2.24, 2.45) is 0 Å². The summed E-state index contributed by atoms with van der Waals surface area (Å²) >= 11 is 0. The van der Waals surface area contributed by atoms with E-state index in [4.69, 9.17) is 1.37 Å². The molecule has 9 aromatic carbocycles. The molecule has 0 saturated heterocycles. The maximum Gasteiger partial charge on any atom is 0.0623 e. The first-order valence-electron chi connectivity index (χ1n) is 20.9. The molecule has 0 atom stereocenters. The van der Waals surface area contributed by atoms with Crippen LogP contribution in [-0.4, -0.2) is 4.57 Å². The van der Waals surface area contributed by atoms with Crippen LogP contribution in [0.4, 0.5) is 17.1 Å². The van der Waals surface area contributed by atoms with E-state index in [-0.39, 0.29) is 5.41 Å². The lowest BCUT2D eigenvalue weighted by atomic mass is 9.82. The maximum atomic E-state index is 8.40. The third-order valence-corrected chi connectivity index (χ3v) is 12.4. The molecule has 1 aliphatic rings. The molecule has 0 radical (unpaired) electrons. The second-order valence-corrected chi connectivity index (χ2v) is 16.1. The van der Waals surface area contributed by atoms with Gasteiger partial charge in [-0.25, -0.2) is 0 Å². The van der Waals surface area contributed by atoms with Gasteiger partial charge in [0.1, 0.15) is 0 Å². The summed E-state index contributed by atoms with van der Waals surface area (Å²) in [4.78, 5) is 2.38. The van der Waals surface area contributed by atoms with Crippen LogP contribution in [0.1, 0.15) is 26.3 Å². The Bertz CT molecular complexity index is 3200. The molecule has 0 aliphatic heterocycles. The normalized spacial score (nSPS) is 12.9. The standard InChI is InChI=1S/C57H42N2/c1-57(2)53-19-11-9-17-49(53)50-35-34-48(38-54(50)57)58(46-30-25-41(26-31-46)39-13-5-3-6-14-39)47-32-27-42(28-33-47)40-21-23-43(24-22-40)44-29-36-56-52(37-44)51-18-10-12-20-55(51)59(56)45-15-7-4-8-16-45/h3-38H,1-2H3/i10D. The maximum absolute atomic E-state index is 8.40. The van der Waals surface area contributed by atoms with E-state index in [2.05, 4.69) is 217 Å². The van der Waals surface area contributed by atoms with Crippen molar-refractivity contribution in [3.8, 4) is 50.2 Å². The smallest absolute Gasteiger partial charge is 0.0623 e. The quantitative estimate of drug-likeness (QED) is 0.157. The van der Waals surface area contributed by atoms with Crippen molar-refractivity contribution in [2.45, 2.75) is 19.3 Å². The fourth-order valence-electron chi connectivity index (χ4n) is 9.31. The summed E-state index contributed by atoms with van der Waals surface area (Å²) in [6.45, 7) is 4.69. The van der Waals surface area contributed by atoms with Gasteiger partial charge in [-0.2, -0.15) is 0 Å². The van der Waals surface area contributed by atoms with Crippen molar-refractivity contribution in [1.29, 1.82) is 0 Å². The van der Waals surface area contributed by atoms with E-state index in [1.54, 1.807) is 0 Å². The van der Waals surface area contributed by atoms with Gasteiger partial charge in [-0.1, -0.05) is 165 Å². The topological polar surface area (TPSA) is 8.17 Å². The Labute approximate surface area is 347 Å². The Morgan fingerprint density at radius 3 is 1.58 bits per heavy atom. The van der Waals surface area contributed by atoms with E-state index >= 15 is 0 Å². The lowest BCUT2D eigenvalue weighted by molar-refractivity contribution is 0.660. The number of para-hydroxylation sites is 2. The van der Waals surface area contributed by atoms with E-state index in [9.17, 15) is 0 Å². The third-order valence-electron chi connectivity index (χ3n) is 12.4. The highest BCUT2D eigenvalue weighted by Crippen LogP contribution is 2.50. The molecule has 280 valence electrons. The number of nitrogens with zero attached hydrogens (tertiary/aromatic N) is 2. The molecule has 1 aliphatic carbocycles. The van der Waals surface area contributed by atoms with Crippen molar-refractivity contribution in [3.05, 3.63) is 229 Å². The molecule has 0 N–H and O–H groups in total. The largest absolute Gasteiger partial charge is 0.310 e. The van der Waals surface area contributed by atoms with E-state index in [1.807, 2.05) is 18.2 Å². The van der Waals surface area contributed by atoms with Gasteiger partial charge in [-0.05, 0) is 122 Å². The zero-order valence-electron chi connectivity index (χ0n) is 34.1. The zero-order valence-corrected chi connectivity index (χ0v) is 33.1. The van der Waals surface area contributed by atoms with Gasteiger partial charge in [0.2, 0.25) is 0 Å². The highest BCUT2D eigenvalue weighted by molar-refractivity contribution is 6.10. The van der Waals surface area contributed by atoms with Crippen molar-refractivity contribution in [2.75, 3.05) is 4.90 Å². The van der Waals surface area contributed by atoms with Crippen LogP contribution in [0.2, 0.25) is 0 Å². The molecule has 11 rings (SSSR count). The molecule has 2 heteroatoms. The van der Waals surface area contributed by atoms with Crippen LogP contribution in [0.5, 0.6) is 0 Å². The number of hydrogen-bond donors (Lipinski definition) is 0. The molecule has 10 aromatic rings. The van der Waals surface area contributed by atoms with Crippen molar-refractivity contribution >= 4 is 38.9 Å². The Morgan fingerprint density at radius 1 is 0.390 bits per heavy atom. The lowest BCUT2D eigenvalue weighted by Crippen LogP contribution is -2.16. The lowest BCUT2D eigenvalue weighted by Gasteiger charge is -2.28. The summed E-state index contributed by atoms with van der Waals surface area (Å²) in [6.07, 6.45) is 0. The second kappa shape index (κ2) is 13.9. The van der Waals surface area contributed by atoms with E-state index in [1.165, 1.54) is 44.5 Å². The monoisotopic (exact) mass is 755 g/mol. The first-order chi connectivity index (χ1) is 29.4. The van der Waals surface area contributed by atoms with E-state index in [0.29, 0.717) is 6.04 Å². The summed E-state index contributed by atoms with van der Waals surface area (Å²) in [5.74, 6) is 0. The molecule has 0 saturated carbocycles. The first-order valence-corrected chi connectivity index (χ1v) is 20.4. The summed E-state index contributed by atoms with van der Waals surface area (Å²) in [5, 5.41) is 2.24. The van der Waals surface area contributed by atoms with Gasteiger partial charge < -0.3 is 9.47 Å². The summed E-state index contributed by atoms with van der Waals surface area (Å²) in [7, 11) is 0. The zero-order chi connectivity index (χ0) is 40.4. The van der Waals surface area contributed by atoms with Gasteiger partial charge in [0.05, 0.1) is 12.4 Å².